The van der Waals surface area contributed by atoms with Gasteiger partial charge in [0.2, 0.25) is 0 Å². The molecule has 0 saturated carbocycles. The molecular weight excluding hydrogens is 279 g/mol. The topological polar surface area (TPSA) is 43.2 Å². The number of hydrazine groups is 1. The second-order valence-corrected chi connectivity index (χ2v) is 4.85. The second kappa shape index (κ2) is 4.75. The molecule has 0 radical (unpaired) electrons. The minimum Gasteiger partial charge on any atom is -0.281 e. The minimum absolute atomic E-state index is 0.0217. The number of hydrogen-bond donors (Lipinski definition) is 0. The van der Waals surface area contributed by atoms with Gasteiger partial charge in [0.15, 0.2) is 5.82 Å². The third-order valence-electron chi connectivity index (χ3n) is 3.24. The standard InChI is InChI=1S/C14H10ClFN4/c1-19-8-10(12-4-2-3-5-20(12)19)13-11(16)6-9(7-17)14(15)18-13/h2-6H,8H2,1H3. The van der Waals surface area contributed by atoms with Crippen LogP contribution < -0.4 is 0 Å². The van der Waals surface area contributed by atoms with Crippen LogP contribution in [0.3, 0.4) is 0 Å². The molecule has 0 fully saturated rings. The Balaban J connectivity index is 2.15. The molecule has 0 aromatic carbocycles. The molecule has 3 heterocycles. The highest BCUT2D eigenvalue weighted by Gasteiger charge is 2.29. The van der Waals surface area contributed by atoms with Crippen LogP contribution in [0, 0.1) is 17.1 Å². The first-order chi connectivity index (χ1) is 9.61. The SMILES string of the molecule is CN1CC(c2nc(Cl)c(C#N)cc2F)=C2C=CC=CN21. The Hall–Kier alpha value is -2.16. The number of nitriles is 1. The van der Waals surface area contributed by atoms with Gasteiger partial charge in [0.1, 0.15) is 16.9 Å². The molecule has 2 aliphatic heterocycles. The van der Waals surface area contributed by atoms with E-state index < -0.39 is 5.82 Å². The fourth-order valence-electron chi connectivity index (χ4n) is 2.31. The van der Waals surface area contributed by atoms with Crippen molar-refractivity contribution in [2.24, 2.45) is 0 Å². The number of nitrogens with zero attached hydrogens (tertiary/aromatic N) is 4. The van der Waals surface area contributed by atoms with Crippen LogP contribution in [-0.2, 0) is 0 Å². The number of likely N-dealkylation sites (N-methyl/N-ethyl adjacent to an activating group) is 1. The molecule has 1 aromatic rings. The van der Waals surface area contributed by atoms with Crippen LogP contribution in [0.5, 0.6) is 0 Å². The Labute approximate surface area is 120 Å². The van der Waals surface area contributed by atoms with E-state index in [0.29, 0.717) is 6.54 Å². The number of aromatic nitrogens is 1. The lowest BCUT2D eigenvalue weighted by atomic mass is 10.1. The fourth-order valence-corrected chi connectivity index (χ4v) is 2.49. The van der Waals surface area contributed by atoms with Crippen LogP contribution in [0.2, 0.25) is 5.15 Å². The summed E-state index contributed by atoms with van der Waals surface area (Å²) in [5.74, 6) is -0.536. The first-order valence-corrected chi connectivity index (χ1v) is 6.34. The number of fused-ring (bicyclic) bond motifs is 1. The zero-order chi connectivity index (χ0) is 14.3. The van der Waals surface area contributed by atoms with Crippen molar-refractivity contribution in [3.8, 4) is 6.07 Å². The molecule has 0 atom stereocenters. The smallest absolute Gasteiger partial charge is 0.150 e. The molecule has 0 aliphatic carbocycles. The molecule has 1 aromatic heterocycles. The van der Waals surface area contributed by atoms with Gasteiger partial charge in [-0.15, -0.1) is 0 Å². The molecule has 20 heavy (non-hydrogen) atoms. The molecule has 3 rings (SSSR count). The normalized spacial score (nSPS) is 17.6. The lowest BCUT2D eigenvalue weighted by molar-refractivity contribution is 0.132. The van der Waals surface area contributed by atoms with Gasteiger partial charge in [-0.25, -0.2) is 14.4 Å². The van der Waals surface area contributed by atoms with Crippen LogP contribution >= 0.6 is 11.6 Å². The summed E-state index contributed by atoms with van der Waals surface area (Å²) in [5, 5.41) is 12.7. The van der Waals surface area contributed by atoms with Gasteiger partial charge in [-0.2, -0.15) is 5.26 Å². The van der Waals surface area contributed by atoms with Gasteiger partial charge < -0.3 is 0 Å². The van der Waals surface area contributed by atoms with Crippen LogP contribution in [0.15, 0.2) is 36.2 Å². The highest BCUT2D eigenvalue weighted by atomic mass is 35.5. The third kappa shape index (κ3) is 1.90. The Morgan fingerprint density at radius 2 is 2.25 bits per heavy atom. The monoisotopic (exact) mass is 288 g/mol. The minimum atomic E-state index is -0.536. The van der Waals surface area contributed by atoms with E-state index in [1.54, 1.807) is 0 Å². The largest absolute Gasteiger partial charge is 0.281 e. The van der Waals surface area contributed by atoms with Gasteiger partial charge in [0, 0.05) is 25.4 Å². The van der Waals surface area contributed by atoms with E-state index in [-0.39, 0.29) is 16.4 Å². The maximum Gasteiger partial charge on any atom is 0.150 e. The third-order valence-corrected chi connectivity index (χ3v) is 3.53. The first-order valence-electron chi connectivity index (χ1n) is 5.96. The molecule has 0 N–H and O–H groups in total. The van der Waals surface area contributed by atoms with Crippen molar-refractivity contribution < 1.29 is 4.39 Å². The van der Waals surface area contributed by atoms with Gasteiger partial charge in [-0.3, -0.25) is 5.01 Å². The molecule has 0 saturated heterocycles. The highest BCUT2D eigenvalue weighted by Crippen LogP contribution is 2.33. The molecule has 100 valence electrons. The van der Waals surface area contributed by atoms with Crippen molar-refractivity contribution >= 4 is 17.2 Å². The summed E-state index contributed by atoms with van der Waals surface area (Å²) >= 11 is 5.91. The summed E-state index contributed by atoms with van der Waals surface area (Å²) in [5.41, 5.74) is 1.85. The zero-order valence-electron chi connectivity index (χ0n) is 10.6. The average molecular weight is 289 g/mol. The van der Waals surface area contributed by atoms with Crippen molar-refractivity contribution in [2.45, 2.75) is 0 Å². The van der Waals surface area contributed by atoms with Crippen molar-refractivity contribution in [1.82, 2.24) is 15.0 Å². The molecule has 0 amide bonds. The number of rotatable bonds is 1. The zero-order valence-corrected chi connectivity index (χ0v) is 11.4. The Morgan fingerprint density at radius 1 is 1.45 bits per heavy atom. The summed E-state index contributed by atoms with van der Waals surface area (Å²) in [6.07, 6.45) is 7.57. The lowest BCUT2D eigenvalue weighted by Crippen LogP contribution is -2.29. The molecule has 0 bridgehead atoms. The fraction of sp³-hybridized carbons (Fsp3) is 0.143. The molecule has 4 nitrogen and oxygen atoms in total. The second-order valence-electron chi connectivity index (χ2n) is 4.49. The maximum absolute atomic E-state index is 14.2. The van der Waals surface area contributed by atoms with Gasteiger partial charge >= 0.3 is 0 Å². The van der Waals surface area contributed by atoms with E-state index in [1.807, 2.05) is 47.6 Å². The van der Waals surface area contributed by atoms with Crippen molar-refractivity contribution in [1.29, 1.82) is 5.26 Å². The summed E-state index contributed by atoms with van der Waals surface area (Å²) in [6, 6.07) is 2.95. The van der Waals surface area contributed by atoms with E-state index >= 15 is 0 Å². The Morgan fingerprint density at radius 3 is 3.00 bits per heavy atom. The van der Waals surface area contributed by atoms with Gasteiger partial charge in [-0.05, 0) is 18.2 Å². The summed E-state index contributed by atoms with van der Waals surface area (Å²) in [6.45, 7) is 0.524. The molecule has 6 heteroatoms. The Kier molecular flexibility index (Phi) is 3.05. The number of halogens is 2. The van der Waals surface area contributed by atoms with Crippen LogP contribution in [0.25, 0.3) is 5.57 Å². The number of pyridine rings is 1. The number of hydrogen-bond acceptors (Lipinski definition) is 4. The van der Waals surface area contributed by atoms with E-state index in [0.717, 1.165) is 17.3 Å². The van der Waals surface area contributed by atoms with Crippen LogP contribution in [-0.4, -0.2) is 28.6 Å². The number of allylic oxidation sites excluding steroid dienone is 3. The van der Waals surface area contributed by atoms with Crippen molar-refractivity contribution in [2.75, 3.05) is 13.6 Å². The predicted octanol–water partition coefficient (Wildman–Crippen LogP) is 2.70. The molecular formula is C14H10ClFN4. The molecule has 0 spiro atoms. The molecule has 0 unspecified atom stereocenters. The van der Waals surface area contributed by atoms with E-state index in [1.165, 1.54) is 0 Å². The van der Waals surface area contributed by atoms with Crippen LogP contribution in [0.4, 0.5) is 4.39 Å². The lowest BCUT2D eigenvalue weighted by Gasteiger charge is -2.25. The van der Waals surface area contributed by atoms with Crippen molar-refractivity contribution in [3.63, 3.8) is 0 Å². The Bertz CT molecular complexity index is 715. The maximum atomic E-state index is 14.2. The van der Waals surface area contributed by atoms with E-state index in [4.69, 9.17) is 16.9 Å². The van der Waals surface area contributed by atoms with E-state index in [9.17, 15) is 4.39 Å². The van der Waals surface area contributed by atoms with Crippen molar-refractivity contribution in [3.05, 3.63) is 58.4 Å². The molecule has 2 aliphatic rings. The summed E-state index contributed by atoms with van der Waals surface area (Å²) in [7, 11) is 1.90. The van der Waals surface area contributed by atoms with E-state index in [2.05, 4.69) is 4.98 Å². The summed E-state index contributed by atoms with van der Waals surface area (Å²) < 4.78 is 14.2. The van der Waals surface area contributed by atoms with Gasteiger partial charge in [0.05, 0.1) is 11.3 Å². The van der Waals surface area contributed by atoms with Gasteiger partial charge in [0.25, 0.3) is 0 Å². The average Bonchev–Trinajstić information content (AvgIpc) is 2.79. The predicted molar refractivity (Wildman–Crippen MR) is 73.6 cm³/mol. The first kappa shape index (κ1) is 12.9. The highest BCUT2D eigenvalue weighted by molar-refractivity contribution is 6.30. The van der Waals surface area contributed by atoms with Crippen LogP contribution in [0.1, 0.15) is 11.3 Å². The quantitative estimate of drug-likeness (QED) is 0.745. The summed E-state index contributed by atoms with van der Waals surface area (Å²) in [4.78, 5) is 4.05. The van der Waals surface area contributed by atoms with Gasteiger partial charge in [-0.1, -0.05) is 17.7 Å².